The third-order valence-corrected chi connectivity index (χ3v) is 7.93. The second kappa shape index (κ2) is 6.47. The average molecular weight is 405 g/mol. The monoisotopic (exact) mass is 405 g/mol. The van der Waals surface area contributed by atoms with Crippen LogP contribution in [-0.4, -0.2) is 39.2 Å². The molecule has 0 amide bonds. The summed E-state index contributed by atoms with van der Waals surface area (Å²) in [7, 11) is -2.16. The summed E-state index contributed by atoms with van der Waals surface area (Å²) in [6, 6.07) is 13.8. The molecule has 6 nitrogen and oxygen atoms in total. The Morgan fingerprint density at radius 3 is 2.59 bits per heavy atom. The molecule has 1 aliphatic heterocycles. The average Bonchev–Trinajstić information content (AvgIpc) is 3.13. The van der Waals surface area contributed by atoms with E-state index in [4.69, 9.17) is 32.2 Å². The molecule has 2 aromatic carbocycles. The topological polar surface area (TPSA) is 87.8 Å². The van der Waals surface area contributed by atoms with Crippen molar-refractivity contribution in [3.63, 3.8) is 0 Å². The summed E-state index contributed by atoms with van der Waals surface area (Å²) in [5, 5.41) is -0.801. The van der Waals surface area contributed by atoms with E-state index in [9.17, 15) is 8.42 Å². The van der Waals surface area contributed by atoms with Gasteiger partial charge >= 0.3 is 0 Å². The van der Waals surface area contributed by atoms with Gasteiger partial charge in [0.2, 0.25) is 6.79 Å². The number of methoxy groups -OCH3 is 1. The summed E-state index contributed by atoms with van der Waals surface area (Å²) in [4.78, 5) is 0.381. The van der Waals surface area contributed by atoms with Crippen molar-refractivity contribution in [1.29, 1.82) is 0 Å². The van der Waals surface area contributed by atoms with Crippen molar-refractivity contribution in [2.24, 2.45) is 11.1 Å². The van der Waals surface area contributed by atoms with Crippen LogP contribution in [0.15, 0.2) is 53.4 Å². The number of fused-ring (bicyclic) bond motifs is 1. The van der Waals surface area contributed by atoms with E-state index < -0.39 is 26.4 Å². The van der Waals surface area contributed by atoms with E-state index in [2.05, 4.69) is 0 Å². The number of rotatable bonds is 6. The van der Waals surface area contributed by atoms with E-state index in [1.54, 1.807) is 42.5 Å². The van der Waals surface area contributed by atoms with Crippen molar-refractivity contribution in [2.45, 2.75) is 16.1 Å². The van der Waals surface area contributed by atoms with Crippen molar-refractivity contribution in [3.8, 4) is 11.5 Å². The Kier molecular flexibility index (Phi) is 4.37. The molecule has 1 saturated carbocycles. The van der Waals surface area contributed by atoms with Gasteiger partial charge in [-0.2, -0.15) is 0 Å². The summed E-state index contributed by atoms with van der Waals surface area (Å²) in [5.74, 6) is 0.800. The van der Waals surface area contributed by atoms with E-state index >= 15 is 0 Å². The molecule has 2 aliphatic rings. The van der Waals surface area contributed by atoms with Crippen LogP contribution in [0.25, 0.3) is 0 Å². The summed E-state index contributed by atoms with van der Waals surface area (Å²) in [5.41, 5.74) is 5.88. The molecule has 4 rings (SSSR count). The number of ether oxygens (including phenoxy) is 3. The minimum absolute atomic E-state index is 0.123. The van der Waals surface area contributed by atoms with E-state index in [1.165, 1.54) is 7.11 Å². The maximum Gasteiger partial charge on any atom is 0.231 e. The first-order valence-corrected chi connectivity index (χ1v) is 10.4. The van der Waals surface area contributed by atoms with Gasteiger partial charge in [-0.25, -0.2) is 8.42 Å². The molecule has 142 valence electrons. The summed E-state index contributed by atoms with van der Waals surface area (Å²) in [6.07, 6.45) is 0. The van der Waals surface area contributed by atoms with E-state index in [0.717, 1.165) is 5.56 Å². The van der Waals surface area contributed by atoms with Gasteiger partial charge in [-0.15, -0.1) is 0 Å². The molecule has 3 atom stereocenters. The van der Waals surface area contributed by atoms with Crippen LogP contribution < -0.4 is 15.2 Å². The fraction of sp³-hybridized carbons (Fsp3) is 0.316. The zero-order chi connectivity index (χ0) is 19.2. The predicted molar refractivity (Wildman–Crippen MR) is 104 cm³/mol. The SMILES string of the molecule is COC[C@@]1(C(N)=S)[C@@H](c2ccc3c(c2)OCO3)[C@@H]1S(=O)(=O)c1ccccc1. The summed E-state index contributed by atoms with van der Waals surface area (Å²) < 4.78 is 42.9. The standard InChI is InChI=1S/C19H19NO5S2/c1-23-10-19(18(20)26)16(12-7-8-14-15(9-12)25-11-24-14)17(19)27(21,22)13-5-3-2-4-6-13/h2-9,16-17H,10-11H2,1H3,(H2,20,26)/t16-,17-,19+/m0/s1. The molecule has 8 heteroatoms. The zero-order valence-corrected chi connectivity index (χ0v) is 16.3. The Labute approximate surface area is 163 Å². The number of sulfone groups is 1. The Morgan fingerprint density at radius 1 is 1.22 bits per heavy atom. The predicted octanol–water partition coefficient (Wildman–Crippen LogP) is 2.27. The lowest BCUT2D eigenvalue weighted by molar-refractivity contribution is 0.166. The zero-order valence-electron chi connectivity index (χ0n) is 14.6. The number of nitrogens with two attached hydrogens (primary N) is 1. The van der Waals surface area contributed by atoms with E-state index in [1.807, 2.05) is 6.07 Å². The fourth-order valence-corrected chi connectivity index (χ4v) is 6.76. The maximum absolute atomic E-state index is 13.4. The van der Waals surface area contributed by atoms with Crippen molar-refractivity contribution in [2.75, 3.05) is 20.5 Å². The van der Waals surface area contributed by atoms with Crippen molar-refractivity contribution in [1.82, 2.24) is 0 Å². The van der Waals surface area contributed by atoms with Crippen LogP contribution >= 0.6 is 12.2 Å². The third-order valence-electron chi connectivity index (χ3n) is 5.26. The van der Waals surface area contributed by atoms with Gasteiger partial charge < -0.3 is 19.9 Å². The van der Waals surface area contributed by atoms with Gasteiger partial charge in [0.1, 0.15) is 0 Å². The fourth-order valence-electron chi connectivity index (χ4n) is 3.97. The molecule has 1 heterocycles. The van der Waals surface area contributed by atoms with Crippen LogP contribution in [0, 0.1) is 5.41 Å². The van der Waals surface area contributed by atoms with Gasteiger partial charge in [-0.3, -0.25) is 0 Å². The molecule has 0 unspecified atom stereocenters. The molecular formula is C19H19NO5S2. The van der Waals surface area contributed by atoms with Crippen molar-refractivity contribution in [3.05, 3.63) is 54.1 Å². The first-order chi connectivity index (χ1) is 12.9. The van der Waals surface area contributed by atoms with Gasteiger partial charge in [0.15, 0.2) is 21.3 Å². The highest BCUT2D eigenvalue weighted by Crippen LogP contribution is 2.65. The second-order valence-corrected chi connectivity index (χ2v) is 9.22. The highest BCUT2D eigenvalue weighted by molar-refractivity contribution is 7.92. The summed E-state index contributed by atoms with van der Waals surface area (Å²) in [6.45, 7) is 0.270. The van der Waals surface area contributed by atoms with Crippen LogP contribution in [0.3, 0.4) is 0 Å². The van der Waals surface area contributed by atoms with Gasteiger partial charge in [-0.05, 0) is 29.8 Å². The molecule has 0 radical (unpaired) electrons. The maximum atomic E-state index is 13.4. The van der Waals surface area contributed by atoms with Crippen LogP contribution in [0.2, 0.25) is 0 Å². The molecule has 2 N–H and O–H groups in total. The van der Waals surface area contributed by atoms with Gasteiger partial charge in [0.05, 0.1) is 27.2 Å². The molecule has 2 aromatic rings. The normalized spacial score (nSPS) is 26.0. The highest BCUT2D eigenvalue weighted by atomic mass is 32.2. The number of hydrogen-bond acceptors (Lipinski definition) is 6. The molecule has 0 aromatic heterocycles. The lowest BCUT2D eigenvalue weighted by Gasteiger charge is -2.16. The lowest BCUT2D eigenvalue weighted by atomic mass is 9.99. The van der Waals surface area contributed by atoms with Crippen molar-refractivity contribution >= 4 is 27.0 Å². The Hall–Kier alpha value is -2.16. The van der Waals surface area contributed by atoms with E-state index in [-0.39, 0.29) is 23.3 Å². The molecular weight excluding hydrogens is 386 g/mol. The van der Waals surface area contributed by atoms with Crippen LogP contribution in [0.4, 0.5) is 0 Å². The number of hydrogen-bond donors (Lipinski definition) is 1. The van der Waals surface area contributed by atoms with Gasteiger partial charge in [0, 0.05) is 13.0 Å². The Bertz CT molecular complexity index is 992. The third kappa shape index (κ3) is 2.70. The quantitative estimate of drug-likeness (QED) is 0.738. The van der Waals surface area contributed by atoms with Crippen LogP contribution in [0.5, 0.6) is 11.5 Å². The second-order valence-electron chi connectivity index (χ2n) is 6.71. The Balaban J connectivity index is 1.82. The van der Waals surface area contributed by atoms with Gasteiger partial charge in [0.25, 0.3) is 0 Å². The molecule has 0 saturated heterocycles. The minimum atomic E-state index is -3.67. The first-order valence-electron chi connectivity index (χ1n) is 8.40. The molecule has 1 aliphatic carbocycles. The van der Waals surface area contributed by atoms with Crippen molar-refractivity contribution < 1.29 is 22.6 Å². The molecule has 0 bridgehead atoms. The smallest absolute Gasteiger partial charge is 0.231 e. The van der Waals surface area contributed by atoms with Gasteiger partial charge in [-0.1, -0.05) is 36.5 Å². The van der Waals surface area contributed by atoms with Crippen LogP contribution in [-0.2, 0) is 14.6 Å². The number of benzene rings is 2. The Morgan fingerprint density at radius 2 is 1.93 bits per heavy atom. The van der Waals surface area contributed by atoms with Crippen LogP contribution in [0.1, 0.15) is 11.5 Å². The van der Waals surface area contributed by atoms with E-state index in [0.29, 0.717) is 11.5 Å². The minimum Gasteiger partial charge on any atom is -0.454 e. The largest absolute Gasteiger partial charge is 0.454 e. The molecule has 1 fully saturated rings. The highest BCUT2D eigenvalue weighted by Gasteiger charge is 2.73. The first kappa shape index (κ1) is 18.2. The lowest BCUT2D eigenvalue weighted by Crippen LogP contribution is -2.33. The molecule has 27 heavy (non-hydrogen) atoms. The number of thiocarbonyl (C=S) groups is 1. The summed E-state index contributed by atoms with van der Waals surface area (Å²) >= 11 is 5.31. The molecule has 0 spiro atoms.